The summed E-state index contributed by atoms with van der Waals surface area (Å²) in [5.41, 5.74) is 1.22. The Bertz CT molecular complexity index is 564. The van der Waals surface area contributed by atoms with Gasteiger partial charge in [0, 0.05) is 23.8 Å². The lowest BCUT2D eigenvalue weighted by molar-refractivity contribution is -0.131. The van der Waals surface area contributed by atoms with Crippen LogP contribution in [0.3, 0.4) is 0 Å². The van der Waals surface area contributed by atoms with Crippen molar-refractivity contribution in [2.75, 3.05) is 20.1 Å². The van der Waals surface area contributed by atoms with Crippen LogP contribution in [0.25, 0.3) is 0 Å². The molecule has 1 aliphatic rings. The van der Waals surface area contributed by atoms with E-state index in [0.29, 0.717) is 19.1 Å². The minimum Gasteiger partial charge on any atom is -0.364 e. The number of nitrogens with one attached hydrogen (secondary N) is 1. The number of aromatic nitrogens is 1. The van der Waals surface area contributed by atoms with Crippen molar-refractivity contribution in [1.82, 2.24) is 14.8 Å². The van der Waals surface area contributed by atoms with Gasteiger partial charge in [0.1, 0.15) is 0 Å². The zero-order valence-corrected chi connectivity index (χ0v) is 13.1. The van der Waals surface area contributed by atoms with Gasteiger partial charge in [-0.05, 0) is 43.0 Å². The number of nitrogens with zero attached hydrogens (tertiary/aromatic N) is 2. The molecule has 2 aromatic rings. The average Bonchev–Trinajstić information content (AvgIpc) is 3.20. The zero-order valence-electron chi connectivity index (χ0n) is 12.3. The maximum atomic E-state index is 12.4. The highest BCUT2D eigenvalue weighted by Crippen LogP contribution is 2.30. The number of hydrogen-bond acceptors (Lipinski definition) is 3. The van der Waals surface area contributed by atoms with E-state index in [1.54, 1.807) is 11.3 Å². The zero-order chi connectivity index (χ0) is 14.7. The largest absolute Gasteiger partial charge is 0.364 e. The second-order valence-corrected chi connectivity index (χ2v) is 6.62. The molecule has 0 bridgehead atoms. The summed E-state index contributed by atoms with van der Waals surface area (Å²) in [6, 6.07) is 8.60. The molecule has 1 fully saturated rings. The van der Waals surface area contributed by atoms with Crippen LogP contribution in [-0.4, -0.2) is 40.8 Å². The summed E-state index contributed by atoms with van der Waals surface area (Å²) in [4.78, 5) is 21.1. The van der Waals surface area contributed by atoms with E-state index in [9.17, 15) is 4.79 Å². The van der Waals surface area contributed by atoms with Crippen molar-refractivity contribution in [3.63, 3.8) is 0 Å². The first-order valence-electron chi connectivity index (χ1n) is 7.38. The van der Waals surface area contributed by atoms with Gasteiger partial charge in [-0.15, -0.1) is 11.3 Å². The summed E-state index contributed by atoms with van der Waals surface area (Å²) in [6.07, 6.45) is 4.24. The molecule has 3 heterocycles. The van der Waals surface area contributed by atoms with Gasteiger partial charge in [-0.2, -0.15) is 0 Å². The van der Waals surface area contributed by atoms with Crippen LogP contribution in [0.2, 0.25) is 0 Å². The maximum absolute atomic E-state index is 12.4. The van der Waals surface area contributed by atoms with E-state index < -0.39 is 0 Å². The maximum Gasteiger partial charge on any atom is 0.236 e. The van der Waals surface area contributed by atoms with E-state index in [2.05, 4.69) is 27.4 Å². The third-order valence-electron chi connectivity index (χ3n) is 4.08. The average molecular weight is 303 g/mol. The Hall–Kier alpha value is -1.59. The van der Waals surface area contributed by atoms with Gasteiger partial charge in [-0.3, -0.25) is 9.69 Å². The smallest absolute Gasteiger partial charge is 0.236 e. The third kappa shape index (κ3) is 3.36. The Balaban J connectivity index is 1.58. The van der Waals surface area contributed by atoms with Crippen LogP contribution in [0.1, 0.15) is 29.5 Å². The predicted octanol–water partition coefficient (Wildman–Crippen LogP) is 2.87. The second kappa shape index (κ2) is 6.45. The minimum atomic E-state index is 0.196. The summed E-state index contributed by atoms with van der Waals surface area (Å²) in [6.45, 7) is 2.21. The molecule has 5 heteroatoms. The fourth-order valence-corrected chi connectivity index (χ4v) is 3.70. The molecule has 1 unspecified atom stereocenters. The minimum absolute atomic E-state index is 0.196. The van der Waals surface area contributed by atoms with Crippen LogP contribution >= 0.6 is 11.3 Å². The van der Waals surface area contributed by atoms with Crippen molar-refractivity contribution >= 4 is 17.2 Å². The number of likely N-dealkylation sites (tertiary alicyclic amines) is 1. The van der Waals surface area contributed by atoms with Crippen molar-refractivity contribution in [2.45, 2.75) is 25.4 Å². The molecule has 1 saturated heterocycles. The number of thiophene rings is 1. The van der Waals surface area contributed by atoms with Crippen molar-refractivity contribution < 1.29 is 4.79 Å². The molecule has 2 aromatic heterocycles. The highest BCUT2D eigenvalue weighted by atomic mass is 32.1. The van der Waals surface area contributed by atoms with Crippen LogP contribution in [0.4, 0.5) is 0 Å². The molecule has 112 valence electrons. The van der Waals surface area contributed by atoms with Gasteiger partial charge < -0.3 is 9.88 Å². The molecule has 1 amide bonds. The first-order chi connectivity index (χ1) is 10.2. The van der Waals surface area contributed by atoms with Crippen LogP contribution in [0.15, 0.2) is 35.8 Å². The molecule has 1 atom stereocenters. The first-order valence-corrected chi connectivity index (χ1v) is 8.25. The predicted molar refractivity (Wildman–Crippen MR) is 85.1 cm³/mol. The molecule has 0 aliphatic carbocycles. The lowest BCUT2D eigenvalue weighted by Crippen LogP contribution is -2.37. The Morgan fingerprint density at radius 2 is 2.38 bits per heavy atom. The molecule has 3 rings (SSSR count). The number of rotatable bonds is 5. The van der Waals surface area contributed by atoms with Crippen LogP contribution in [0.5, 0.6) is 0 Å². The Kier molecular flexibility index (Phi) is 4.41. The van der Waals surface area contributed by atoms with E-state index in [4.69, 9.17) is 0 Å². The Morgan fingerprint density at radius 3 is 3.10 bits per heavy atom. The van der Waals surface area contributed by atoms with Gasteiger partial charge in [0.2, 0.25) is 5.91 Å². The monoisotopic (exact) mass is 303 g/mol. The standard InChI is InChI=1S/C16H21N3OS/c1-18(11-13-5-4-10-21-13)16(20)12-19-9-3-7-15(19)14-6-2-8-17-14/h2,4-6,8,10,15,17H,3,7,9,11-12H2,1H3. The Morgan fingerprint density at radius 1 is 1.48 bits per heavy atom. The molecule has 0 radical (unpaired) electrons. The molecule has 21 heavy (non-hydrogen) atoms. The van der Waals surface area contributed by atoms with Gasteiger partial charge in [-0.1, -0.05) is 6.07 Å². The van der Waals surface area contributed by atoms with E-state index in [1.807, 2.05) is 30.3 Å². The number of carbonyl (C=O) groups excluding carboxylic acids is 1. The molecular weight excluding hydrogens is 282 g/mol. The summed E-state index contributed by atoms with van der Waals surface area (Å²) in [7, 11) is 1.89. The highest BCUT2D eigenvalue weighted by Gasteiger charge is 2.28. The van der Waals surface area contributed by atoms with Crippen LogP contribution < -0.4 is 0 Å². The van der Waals surface area contributed by atoms with Crippen molar-refractivity contribution in [1.29, 1.82) is 0 Å². The highest BCUT2D eigenvalue weighted by molar-refractivity contribution is 7.09. The van der Waals surface area contributed by atoms with E-state index in [1.165, 1.54) is 10.6 Å². The van der Waals surface area contributed by atoms with Gasteiger partial charge in [-0.25, -0.2) is 0 Å². The lowest BCUT2D eigenvalue weighted by Gasteiger charge is -2.26. The molecule has 0 spiro atoms. The third-order valence-corrected chi connectivity index (χ3v) is 4.94. The van der Waals surface area contributed by atoms with E-state index in [-0.39, 0.29) is 5.91 Å². The molecule has 1 aliphatic heterocycles. The van der Waals surface area contributed by atoms with Crippen molar-refractivity contribution in [3.8, 4) is 0 Å². The number of hydrogen-bond donors (Lipinski definition) is 1. The Labute approximate surface area is 129 Å². The van der Waals surface area contributed by atoms with Gasteiger partial charge in [0.15, 0.2) is 0 Å². The van der Waals surface area contributed by atoms with E-state index in [0.717, 1.165) is 19.4 Å². The molecule has 1 N–H and O–H groups in total. The van der Waals surface area contributed by atoms with Gasteiger partial charge in [0.25, 0.3) is 0 Å². The summed E-state index contributed by atoms with van der Waals surface area (Å²) >= 11 is 1.70. The van der Waals surface area contributed by atoms with E-state index >= 15 is 0 Å². The normalized spacial score (nSPS) is 19.0. The second-order valence-electron chi connectivity index (χ2n) is 5.58. The number of carbonyl (C=O) groups is 1. The first kappa shape index (κ1) is 14.4. The van der Waals surface area contributed by atoms with Crippen LogP contribution in [-0.2, 0) is 11.3 Å². The lowest BCUT2D eigenvalue weighted by atomic mass is 10.1. The van der Waals surface area contributed by atoms with Gasteiger partial charge in [0.05, 0.1) is 19.1 Å². The molecular formula is C16H21N3OS. The number of H-pyrrole nitrogens is 1. The van der Waals surface area contributed by atoms with Gasteiger partial charge >= 0.3 is 0 Å². The summed E-state index contributed by atoms with van der Waals surface area (Å²) in [5.74, 6) is 0.196. The fraction of sp³-hybridized carbons (Fsp3) is 0.438. The molecule has 4 nitrogen and oxygen atoms in total. The molecule has 0 aromatic carbocycles. The number of likely N-dealkylation sites (N-methyl/N-ethyl adjacent to an activating group) is 1. The van der Waals surface area contributed by atoms with Crippen molar-refractivity contribution in [3.05, 3.63) is 46.4 Å². The number of amides is 1. The SMILES string of the molecule is CN(Cc1cccs1)C(=O)CN1CCCC1c1ccc[nH]1. The van der Waals surface area contributed by atoms with Crippen molar-refractivity contribution in [2.24, 2.45) is 0 Å². The quantitative estimate of drug-likeness (QED) is 0.922. The summed E-state index contributed by atoms with van der Waals surface area (Å²) in [5, 5.41) is 2.05. The number of aromatic amines is 1. The summed E-state index contributed by atoms with van der Waals surface area (Å²) < 4.78 is 0. The van der Waals surface area contributed by atoms with Crippen LogP contribution in [0, 0.1) is 0 Å². The fourth-order valence-electron chi connectivity index (χ4n) is 2.94. The molecule has 0 saturated carbocycles. The topological polar surface area (TPSA) is 39.3 Å².